The second-order valence-corrected chi connectivity index (χ2v) is 10.6. The third kappa shape index (κ3) is 12.8. The zero-order valence-electron chi connectivity index (χ0n) is 19.5. The first-order valence-electron chi connectivity index (χ1n) is 10.0. The van der Waals surface area contributed by atoms with Crippen molar-refractivity contribution in [2.24, 2.45) is 11.3 Å². The van der Waals surface area contributed by atoms with Crippen LogP contribution in [0.2, 0.25) is 0 Å². The second-order valence-electron chi connectivity index (χ2n) is 8.29. The van der Waals surface area contributed by atoms with Gasteiger partial charge in [-0.05, 0) is 46.4 Å². The Kier molecular flexibility index (Phi) is 17.7. The SMILES string of the molecule is C[C@@H](c1ccccc1)N(C)P(C)C.[CH2-]C[C@@H]([C-]=O)[C@@H](O)C(C)(C)C.[CH]1C=CC=C1.[Co+2]. The summed E-state index contributed by atoms with van der Waals surface area (Å²) in [6.07, 6.45) is 11.6. The van der Waals surface area contributed by atoms with Crippen molar-refractivity contribution in [1.82, 2.24) is 4.67 Å². The summed E-state index contributed by atoms with van der Waals surface area (Å²) in [6, 6.07) is 11.2. The zero-order chi connectivity index (χ0) is 22.4. The largest absolute Gasteiger partial charge is 2.00 e. The number of benzene rings is 1. The van der Waals surface area contributed by atoms with Crippen LogP contribution in [-0.4, -0.2) is 42.5 Å². The van der Waals surface area contributed by atoms with Gasteiger partial charge in [-0.3, -0.25) is 11.0 Å². The molecule has 0 spiro atoms. The molecular formula is C25H39CoNO2P. The van der Waals surface area contributed by atoms with Gasteiger partial charge in [0.25, 0.3) is 0 Å². The number of hydrogen-bond acceptors (Lipinski definition) is 3. The Hall–Kier alpha value is -0.774. The van der Waals surface area contributed by atoms with Gasteiger partial charge in [-0.15, -0.1) is 5.92 Å². The molecule has 2 rings (SSSR count). The van der Waals surface area contributed by atoms with E-state index >= 15 is 0 Å². The van der Waals surface area contributed by atoms with Crippen LogP contribution in [0, 0.1) is 24.7 Å². The van der Waals surface area contributed by atoms with Crippen molar-refractivity contribution < 1.29 is 26.7 Å². The minimum absolute atomic E-state index is 0. The molecule has 0 bridgehead atoms. The fraction of sp³-hybridized carbons (Fsp3) is 0.480. The normalized spacial score (nSPS) is 15.3. The Morgan fingerprint density at radius 1 is 1.10 bits per heavy atom. The predicted molar refractivity (Wildman–Crippen MR) is 129 cm³/mol. The average molecular weight is 475 g/mol. The van der Waals surface area contributed by atoms with Gasteiger partial charge in [0.1, 0.15) is 0 Å². The van der Waals surface area contributed by atoms with Gasteiger partial charge in [0.15, 0.2) is 0 Å². The Labute approximate surface area is 197 Å². The molecular weight excluding hydrogens is 436 g/mol. The smallest absolute Gasteiger partial charge is 0.542 e. The minimum Gasteiger partial charge on any atom is -0.542 e. The number of allylic oxidation sites excluding steroid dienone is 4. The summed E-state index contributed by atoms with van der Waals surface area (Å²) < 4.78 is 2.44. The van der Waals surface area contributed by atoms with Crippen molar-refractivity contribution in [2.75, 3.05) is 20.4 Å². The van der Waals surface area contributed by atoms with Crippen LogP contribution in [0.25, 0.3) is 0 Å². The maximum Gasteiger partial charge on any atom is 2.00 e. The fourth-order valence-corrected chi connectivity index (χ4v) is 3.33. The molecule has 30 heavy (non-hydrogen) atoms. The average Bonchev–Trinajstić information content (AvgIpc) is 3.28. The summed E-state index contributed by atoms with van der Waals surface area (Å²) in [7, 11) is 2.21. The Morgan fingerprint density at radius 3 is 1.87 bits per heavy atom. The molecule has 0 amide bonds. The van der Waals surface area contributed by atoms with Crippen molar-refractivity contribution in [2.45, 2.75) is 46.3 Å². The van der Waals surface area contributed by atoms with E-state index in [-0.39, 0.29) is 30.3 Å². The summed E-state index contributed by atoms with van der Waals surface area (Å²) >= 11 is 0. The first-order valence-corrected chi connectivity index (χ1v) is 12.2. The van der Waals surface area contributed by atoms with E-state index in [0.29, 0.717) is 12.5 Å². The Balaban J connectivity index is 0. The second kappa shape index (κ2) is 16.9. The van der Waals surface area contributed by atoms with Gasteiger partial charge in [-0.2, -0.15) is 0 Å². The molecule has 170 valence electrons. The van der Waals surface area contributed by atoms with Gasteiger partial charge in [0.05, 0.1) is 0 Å². The first-order chi connectivity index (χ1) is 13.6. The van der Waals surface area contributed by atoms with Crippen molar-refractivity contribution in [1.29, 1.82) is 0 Å². The molecule has 0 saturated heterocycles. The molecule has 3 atom stereocenters. The van der Waals surface area contributed by atoms with Crippen LogP contribution >= 0.6 is 8.07 Å². The van der Waals surface area contributed by atoms with Crippen molar-refractivity contribution in [3.05, 3.63) is 73.5 Å². The molecule has 0 saturated carbocycles. The van der Waals surface area contributed by atoms with E-state index in [9.17, 15) is 9.90 Å². The van der Waals surface area contributed by atoms with E-state index in [4.69, 9.17) is 0 Å². The van der Waals surface area contributed by atoms with E-state index in [2.05, 4.69) is 69.2 Å². The minimum atomic E-state index is -0.641. The standard InChI is InChI=1S/C11H18NP.C9H16O2.C5H5.Co/c1-10(12(2)13(3)4)11-8-6-5-7-9-11;1-5-7(6-10)8(11)9(2,3)4;1-2-4-5-3-1;/h5-10H,1-4H3;7-8,11H,1,5H2,2-4H3;1-5H;/q;-2;;+2/t10-;7-,8+;;/m00../s1. The fourth-order valence-electron chi connectivity index (χ4n) is 2.50. The van der Waals surface area contributed by atoms with Crippen LogP contribution in [0.4, 0.5) is 0 Å². The van der Waals surface area contributed by atoms with E-state index in [1.54, 1.807) is 6.29 Å². The number of hydrogen-bond donors (Lipinski definition) is 1. The molecule has 2 radical (unpaired) electrons. The van der Waals surface area contributed by atoms with Crippen LogP contribution in [-0.2, 0) is 21.6 Å². The van der Waals surface area contributed by atoms with E-state index < -0.39 is 12.0 Å². The maximum absolute atomic E-state index is 10.3. The molecule has 1 aliphatic rings. The quantitative estimate of drug-likeness (QED) is 0.406. The summed E-state index contributed by atoms with van der Waals surface area (Å²) in [5, 5.41) is 9.54. The number of carbonyl (C=O) groups excluding carboxylic acids is 1. The Morgan fingerprint density at radius 2 is 1.60 bits per heavy atom. The molecule has 0 aromatic heterocycles. The number of rotatable bonds is 6. The van der Waals surface area contributed by atoms with E-state index in [1.807, 2.05) is 51.5 Å². The molecule has 0 aliphatic heterocycles. The van der Waals surface area contributed by atoms with Crippen LogP contribution in [0.1, 0.15) is 45.7 Å². The predicted octanol–water partition coefficient (Wildman–Crippen LogP) is 5.99. The van der Waals surface area contributed by atoms with Gasteiger partial charge in [0.2, 0.25) is 0 Å². The van der Waals surface area contributed by atoms with Gasteiger partial charge in [-0.25, -0.2) is 6.42 Å². The molecule has 0 unspecified atom stereocenters. The van der Waals surface area contributed by atoms with E-state index in [0.717, 1.165) is 0 Å². The monoisotopic (exact) mass is 475 g/mol. The molecule has 1 aliphatic carbocycles. The third-order valence-corrected chi connectivity index (χ3v) is 6.37. The van der Waals surface area contributed by atoms with Gasteiger partial charge >= 0.3 is 16.8 Å². The van der Waals surface area contributed by atoms with Gasteiger partial charge in [-0.1, -0.05) is 75.4 Å². The summed E-state index contributed by atoms with van der Waals surface area (Å²) in [5.41, 5.74) is 1.14. The molecule has 3 nitrogen and oxygen atoms in total. The maximum atomic E-state index is 10.3. The molecule has 0 heterocycles. The Bertz CT molecular complexity index is 601. The van der Waals surface area contributed by atoms with Crippen molar-refractivity contribution >= 4 is 14.4 Å². The third-order valence-electron chi connectivity index (χ3n) is 4.76. The number of aliphatic hydroxyl groups excluding tert-OH is 1. The number of nitrogens with zero attached hydrogens (tertiary/aromatic N) is 1. The van der Waals surface area contributed by atoms with Crippen LogP contribution < -0.4 is 0 Å². The van der Waals surface area contributed by atoms with Crippen LogP contribution in [0.3, 0.4) is 0 Å². The molecule has 5 heteroatoms. The summed E-state index contributed by atoms with van der Waals surface area (Å²) in [4.78, 5) is 10.3. The van der Waals surface area contributed by atoms with Crippen molar-refractivity contribution in [3.8, 4) is 0 Å². The van der Waals surface area contributed by atoms with E-state index in [1.165, 1.54) is 5.56 Å². The van der Waals surface area contributed by atoms with Crippen LogP contribution in [0.5, 0.6) is 0 Å². The topological polar surface area (TPSA) is 40.5 Å². The van der Waals surface area contributed by atoms with Gasteiger partial charge < -0.3 is 16.8 Å². The zero-order valence-corrected chi connectivity index (χ0v) is 21.4. The molecule has 1 aromatic rings. The summed E-state index contributed by atoms with van der Waals surface area (Å²) in [6.45, 7) is 16.1. The van der Waals surface area contributed by atoms with Crippen LogP contribution in [0.15, 0.2) is 54.6 Å². The number of aliphatic hydroxyl groups is 1. The van der Waals surface area contributed by atoms with Gasteiger partial charge in [0, 0.05) is 18.6 Å². The molecule has 1 N–H and O–H groups in total. The molecule has 1 aromatic carbocycles. The summed E-state index contributed by atoms with van der Waals surface area (Å²) in [5.74, 6) is -0.449. The first kappa shape index (κ1) is 31.4. The molecule has 0 fully saturated rings. The van der Waals surface area contributed by atoms with Crippen molar-refractivity contribution in [3.63, 3.8) is 0 Å².